The van der Waals surface area contributed by atoms with E-state index in [1.165, 1.54) is 6.07 Å². The molecule has 0 N–H and O–H groups in total. The van der Waals surface area contributed by atoms with E-state index in [9.17, 15) is 17.1 Å². The normalized spacial score (nSPS) is 11.4. The van der Waals surface area contributed by atoms with Crippen LogP contribution in [-0.4, -0.2) is 14.7 Å². The van der Waals surface area contributed by atoms with Crippen LogP contribution in [0, 0.1) is 13.8 Å². The number of carbonyl (C=O) groups is 1. The van der Waals surface area contributed by atoms with E-state index in [-0.39, 0.29) is 5.56 Å². The van der Waals surface area contributed by atoms with Gasteiger partial charge in [0.2, 0.25) is 0 Å². The van der Waals surface area contributed by atoms with Crippen LogP contribution in [0.15, 0.2) is 17.0 Å². The molecule has 0 spiro atoms. The van der Waals surface area contributed by atoms with Crippen LogP contribution in [0.25, 0.3) is 0 Å². The first-order valence-corrected chi connectivity index (χ1v) is 5.25. The van der Waals surface area contributed by atoms with Crippen LogP contribution in [0.3, 0.4) is 0 Å². The lowest BCUT2D eigenvalue weighted by Gasteiger charge is -2.04. The minimum absolute atomic E-state index is 0.143. The summed E-state index contributed by atoms with van der Waals surface area (Å²) in [4.78, 5) is 9.95. The summed E-state index contributed by atoms with van der Waals surface area (Å²) in [5, 5.41) is 0. The zero-order valence-corrected chi connectivity index (χ0v) is 8.56. The Morgan fingerprint density at radius 2 is 1.71 bits per heavy atom. The van der Waals surface area contributed by atoms with E-state index in [1.54, 1.807) is 13.8 Å². The second-order valence-corrected chi connectivity index (χ2v) is 4.35. The molecule has 0 aliphatic rings. The summed E-state index contributed by atoms with van der Waals surface area (Å²) in [7, 11) is -4.82. The van der Waals surface area contributed by atoms with Crippen molar-refractivity contribution in [3.8, 4) is 0 Å². The van der Waals surface area contributed by atoms with Crippen molar-refractivity contribution in [3.05, 3.63) is 28.8 Å². The van der Waals surface area contributed by atoms with E-state index in [1.807, 2.05) is 0 Å². The Hall–Kier alpha value is -1.23. The molecule has 14 heavy (non-hydrogen) atoms. The van der Waals surface area contributed by atoms with Crippen molar-refractivity contribution in [3.63, 3.8) is 0 Å². The molecule has 0 aromatic heterocycles. The van der Waals surface area contributed by atoms with Crippen LogP contribution in [0.5, 0.6) is 0 Å². The monoisotopic (exact) mass is 216 g/mol. The van der Waals surface area contributed by atoms with Gasteiger partial charge in [-0.1, -0.05) is 0 Å². The lowest BCUT2D eigenvalue weighted by Crippen LogP contribution is -2.00. The highest BCUT2D eigenvalue weighted by Gasteiger charge is 2.17. The summed E-state index contributed by atoms with van der Waals surface area (Å²) in [5.41, 5.74) is 1.24. The van der Waals surface area contributed by atoms with E-state index in [4.69, 9.17) is 0 Å². The number of aldehydes is 1. The van der Waals surface area contributed by atoms with Gasteiger partial charge in [0.05, 0.1) is 0 Å². The second kappa shape index (κ2) is 3.49. The molecule has 0 aliphatic heterocycles. The van der Waals surface area contributed by atoms with Crippen molar-refractivity contribution < 1.29 is 17.1 Å². The summed E-state index contributed by atoms with van der Waals surface area (Å²) in [6.45, 7) is 3.37. The van der Waals surface area contributed by atoms with Crippen LogP contribution < -0.4 is 0 Å². The smallest absolute Gasteiger partial charge is 0.298 e. The summed E-state index contributed by atoms with van der Waals surface area (Å²) in [6, 6.07) is 2.52. The summed E-state index contributed by atoms with van der Waals surface area (Å²) >= 11 is 0. The fourth-order valence-corrected chi connectivity index (χ4v) is 1.82. The molecular weight excluding hydrogens is 207 g/mol. The third kappa shape index (κ3) is 1.98. The molecule has 0 radical (unpaired) electrons. The molecule has 0 bridgehead atoms. The average Bonchev–Trinajstić information content (AvgIpc) is 2.07. The van der Waals surface area contributed by atoms with Crippen molar-refractivity contribution in [2.45, 2.75) is 18.7 Å². The molecule has 0 heterocycles. The van der Waals surface area contributed by atoms with Gasteiger partial charge in [-0.15, -0.1) is 3.89 Å². The van der Waals surface area contributed by atoms with Gasteiger partial charge < -0.3 is 0 Å². The van der Waals surface area contributed by atoms with Gasteiger partial charge in [0.1, 0.15) is 4.90 Å². The molecule has 0 saturated carbocycles. The molecule has 76 valence electrons. The van der Waals surface area contributed by atoms with Gasteiger partial charge in [-0.25, -0.2) is 0 Å². The summed E-state index contributed by atoms with van der Waals surface area (Å²) in [6.07, 6.45) is 0.332. The highest BCUT2D eigenvalue weighted by atomic mass is 32.3. The Balaban J connectivity index is 3.59. The molecule has 0 saturated heterocycles. The molecule has 0 atom stereocenters. The van der Waals surface area contributed by atoms with Crippen molar-refractivity contribution >= 4 is 16.5 Å². The van der Waals surface area contributed by atoms with Gasteiger partial charge in [0.25, 0.3) is 0 Å². The number of carbonyl (C=O) groups excluding carboxylic acids is 1. The number of benzene rings is 1. The second-order valence-electron chi connectivity index (χ2n) is 3.03. The zero-order valence-electron chi connectivity index (χ0n) is 7.74. The first-order valence-electron chi connectivity index (χ1n) is 3.87. The zero-order chi connectivity index (χ0) is 10.9. The Morgan fingerprint density at radius 1 is 1.21 bits per heavy atom. The summed E-state index contributed by atoms with van der Waals surface area (Å²) < 4.78 is 34.0. The van der Waals surface area contributed by atoms with Crippen LogP contribution in [-0.2, 0) is 10.2 Å². The SMILES string of the molecule is Cc1cc(C=O)c(S(=O)(=O)F)cc1C. The van der Waals surface area contributed by atoms with Crippen molar-refractivity contribution in [2.24, 2.45) is 0 Å². The third-order valence-electron chi connectivity index (χ3n) is 2.02. The Labute approximate surface area is 81.8 Å². The van der Waals surface area contributed by atoms with Crippen molar-refractivity contribution in [1.29, 1.82) is 0 Å². The number of aryl methyl sites for hydroxylation is 2. The molecule has 5 heteroatoms. The topological polar surface area (TPSA) is 51.2 Å². The molecule has 0 amide bonds. The molecule has 1 rings (SSSR count). The number of rotatable bonds is 2. The number of halogens is 1. The van der Waals surface area contributed by atoms with Crippen LogP contribution >= 0.6 is 0 Å². The largest absolute Gasteiger partial charge is 0.332 e. The number of hydrogen-bond acceptors (Lipinski definition) is 3. The predicted molar refractivity (Wildman–Crippen MR) is 49.6 cm³/mol. The molecular formula is C9H9FO3S. The van der Waals surface area contributed by atoms with Crippen molar-refractivity contribution in [1.82, 2.24) is 0 Å². The van der Waals surface area contributed by atoms with Crippen LogP contribution in [0.1, 0.15) is 21.5 Å². The number of hydrogen-bond donors (Lipinski definition) is 0. The minimum Gasteiger partial charge on any atom is -0.298 e. The highest BCUT2D eigenvalue weighted by molar-refractivity contribution is 7.86. The lowest BCUT2D eigenvalue weighted by molar-refractivity contribution is 0.112. The first-order chi connectivity index (χ1) is 6.36. The van der Waals surface area contributed by atoms with Gasteiger partial charge in [-0.3, -0.25) is 4.79 Å². The van der Waals surface area contributed by atoms with Gasteiger partial charge in [-0.05, 0) is 37.1 Å². The van der Waals surface area contributed by atoms with E-state index < -0.39 is 15.1 Å². The Morgan fingerprint density at radius 3 is 2.14 bits per heavy atom. The molecule has 1 aromatic rings. The molecule has 1 aromatic carbocycles. The molecule has 0 fully saturated rings. The third-order valence-corrected chi connectivity index (χ3v) is 2.89. The molecule has 0 unspecified atom stereocenters. The van der Waals surface area contributed by atoms with Crippen LogP contribution in [0.2, 0.25) is 0 Å². The Kier molecular flexibility index (Phi) is 2.71. The van der Waals surface area contributed by atoms with E-state index in [2.05, 4.69) is 0 Å². The van der Waals surface area contributed by atoms with E-state index in [0.29, 0.717) is 11.8 Å². The maximum absolute atomic E-state index is 12.7. The minimum atomic E-state index is -4.82. The van der Waals surface area contributed by atoms with Gasteiger partial charge >= 0.3 is 10.2 Å². The predicted octanol–water partition coefficient (Wildman–Crippen LogP) is 1.77. The fraction of sp³-hybridized carbons (Fsp3) is 0.222. The quantitative estimate of drug-likeness (QED) is 0.559. The van der Waals surface area contributed by atoms with Gasteiger partial charge in [0.15, 0.2) is 6.29 Å². The standard InChI is InChI=1S/C9H9FO3S/c1-6-3-8(5-11)9(4-7(6)2)14(10,12)13/h3-5H,1-2H3. The Bertz CT molecular complexity index is 477. The van der Waals surface area contributed by atoms with Gasteiger partial charge in [0, 0.05) is 5.56 Å². The van der Waals surface area contributed by atoms with Crippen molar-refractivity contribution in [2.75, 3.05) is 0 Å². The average molecular weight is 216 g/mol. The lowest BCUT2D eigenvalue weighted by atomic mass is 10.1. The molecule has 0 aliphatic carbocycles. The fourth-order valence-electron chi connectivity index (χ4n) is 1.12. The summed E-state index contributed by atoms with van der Waals surface area (Å²) in [5.74, 6) is 0. The maximum atomic E-state index is 12.7. The highest BCUT2D eigenvalue weighted by Crippen LogP contribution is 2.20. The first kappa shape index (κ1) is 10.8. The maximum Gasteiger partial charge on any atom is 0.332 e. The van der Waals surface area contributed by atoms with Gasteiger partial charge in [-0.2, -0.15) is 8.42 Å². The van der Waals surface area contributed by atoms with E-state index in [0.717, 1.165) is 11.6 Å². The van der Waals surface area contributed by atoms with E-state index >= 15 is 0 Å². The molecule has 3 nitrogen and oxygen atoms in total. The van der Waals surface area contributed by atoms with Crippen LogP contribution in [0.4, 0.5) is 3.89 Å².